The smallest absolute Gasteiger partial charge is 0.0314 e. The molecular formula is C10H12BrI. The van der Waals surface area contributed by atoms with Crippen LogP contribution < -0.4 is 0 Å². The van der Waals surface area contributed by atoms with Crippen LogP contribution in [0, 0.1) is 10.5 Å². The van der Waals surface area contributed by atoms with Crippen LogP contribution in [0.3, 0.4) is 0 Å². The van der Waals surface area contributed by atoms with Crippen molar-refractivity contribution in [3.8, 4) is 0 Å². The van der Waals surface area contributed by atoms with Crippen molar-refractivity contribution >= 4 is 38.5 Å². The van der Waals surface area contributed by atoms with Crippen molar-refractivity contribution in [2.45, 2.75) is 26.7 Å². The first-order chi connectivity index (χ1) is 5.52. The molecule has 0 saturated carbocycles. The molecule has 0 nitrogen and oxygen atoms in total. The molecule has 0 aliphatic heterocycles. The highest BCUT2D eigenvalue weighted by atomic mass is 127. The second kappa shape index (κ2) is 4.09. The second-order valence-electron chi connectivity index (χ2n) is 3.30. The van der Waals surface area contributed by atoms with Crippen molar-refractivity contribution in [2.75, 3.05) is 0 Å². The Morgan fingerprint density at radius 2 is 1.92 bits per heavy atom. The van der Waals surface area contributed by atoms with E-state index >= 15 is 0 Å². The van der Waals surface area contributed by atoms with Gasteiger partial charge in [-0.15, -0.1) is 0 Å². The van der Waals surface area contributed by atoms with Gasteiger partial charge in [0.1, 0.15) is 0 Å². The topological polar surface area (TPSA) is 0 Å². The molecule has 0 aliphatic carbocycles. The van der Waals surface area contributed by atoms with Crippen molar-refractivity contribution < 1.29 is 0 Å². The lowest BCUT2D eigenvalue weighted by Gasteiger charge is -2.10. The number of hydrogen-bond donors (Lipinski definition) is 0. The highest BCUT2D eigenvalue weighted by Gasteiger charge is 2.07. The average Bonchev–Trinajstić information content (AvgIpc) is 1.96. The molecule has 0 spiro atoms. The Bertz CT molecular complexity index is 292. The van der Waals surface area contributed by atoms with Crippen LogP contribution in [0.25, 0.3) is 0 Å². The van der Waals surface area contributed by atoms with Crippen LogP contribution in [-0.4, -0.2) is 0 Å². The van der Waals surface area contributed by atoms with E-state index in [-0.39, 0.29) is 0 Å². The lowest BCUT2D eigenvalue weighted by molar-refractivity contribution is 0.857. The van der Waals surface area contributed by atoms with Crippen molar-refractivity contribution in [2.24, 2.45) is 0 Å². The van der Waals surface area contributed by atoms with Crippen LogP contribution >= 0.6 is 38.5 Å². The molecule has 0 aliphatic rings. The van der Waals surface area contributed by atoms with Crippen LogP contribution in [0.15, 0.2) is 16.6 Å². The number of aryl methyl sites for hydroxylation is 1. The predicted molar refractivity (Wildman–Crippen MR) is 65.7 cm³/mol. The van der Waals surface area contributed by atoms with Gasteiger partial charge in [0, 0.05) is 8.04 Å². The van der Waals surface area contributed by atoms with E-state index in [4.69, 9.17) is 0 Å². The summed E-state index contributed by atoms with van der Waals surface area (Å²) in [7, 11) is 0. The molecule has 12 heavy (non-hydrogen) atoms. The fourth-order valence-electron chi connectivity index (χ4n) is 1.17. The summed E-state index contributed by atoms with van der Waals surface area (Å²) < 4.78 is 2.56. The van der Waals surface area contributed by atoms with Crippen LogP contribution in [0.5, 0.6) is 0 Å². The molecule has 0 radical (unpaired) electrons. The fourth-order valence-corrected chi connectivity index (χ4v) is 2.70. The second-order valence-corrected chi connectivity index (χ2v) is 5.24. The van der Waals surface area contributed by atoms with E-state index < -0.39 is 0 Å². The summed E-state index contributed by atoms with van der Waals surface area (Å²) in [5, 5.41) is 0. The molecule has 0 heterocycles. The molecule has 0 atom stereocenters. The zero-order valence-corrected chi connectivity index (χ0v) is 11.2. The minimum atomic E-state index is 0.605. The molecule has 66 valence electrons. The Kier molecular flexibility index (Phi) is 3.58. The predicted octanol–water partition coefficient (Wildman–Crippen LogP) is 4.49. The molecule has 1 aromatic rings. The molecule has 0 unspecified atom stereocenters. The normalized spacial score (nSPS) is 10.8. The minimum Gasteiger partial charge on any atom is -0.0586 e. The minimum absolute atomic E-state index is 0.605. The van der Waals surface area contributed by atoms with Gasteiger partial charge in [0.05, 0.1) is 0 Å². The van der Waals surface area contributed by atoms with Gasteiger partial charge >= 0.3 is 0 Å². The lowest BCUT2D eigenvalue weighted by Crippen LogP contribution is -1.93. The molecule has 0 N–H and O–H groups in total. The van der Waals surface area contributed by atoms with Gasteiger partial charge in [0.2, 0.25) is 0 Å². The molecule has 0 amide bonds. The Balaban J connectivity index is 3.28. The maximum Gasteiger partial charge on any atom is 0.0314 e. The zero-order valence-electron chi connectivity index (χ0n) is 7.49. The summed E-state index contributed by atoms with van der Waals surface area (Å²) in [6, 6.07) is 4.42. The largest absolute Gasteiger partial charge is 0.0586 e. The standard InChI is InChI=1S/C10H12BrI/c1-6(2)8-4-7(3)5-9(11)10(8)12/h4-6H,1-3H3. The highest BCUT2D eigenvalue weighted by Crippen LogP contribution is 2.29. The van der Waals surface area contributed by atoms with Crippen LogP contribution in [0.4, 0.5) is 0 Å². The molecule has 1 rings (SSSR count). The van der Waals surface area contributed by atoms with E-state index in [1.165, 1.54) is 19.2 Å². The first kappa shape index (κ1) is 10.5. The Hall–Kier alpha value is 0.430. The summed E-state index contributed by atoms with van der Waals surface area (Å²) in [5.74, 6) is 0.605. The maximum absolute atomic E-state index is 3.56. The molecule has 0 saturated heterocycles. The summed E-state index contributed by atoms with van der Waals surface area (Å²) in [5.41, 5.74) is 2.76. The third-order valence-electron chi connectivity index (χ3n) is 1.82. The molecular weight excluding hydrogens is 327 g/mol. The van der Waals surface area contributed by atoms with Gasteiger partial charge in [0.15, 0.2) is 0 Å². The third-order valence-corrected chi connectivity index (χ3v) is 4.39. The molecule has 2 heteroatoms. The number of halogens is 2. The third kappa shape index (κ3) is 2.22. The number of benzene rings is 1. The van der Waals surface area contributed by atoms with E-state index in [1.54, 1.807) is 0 Å². The monoisotopic (exact) mass is 338 g/mol. The first-order valence-electron chi connectivity index (χ1n) is 3.98. The van der Waals surface area contributed by atoms with Crippen molar-refractivity contribution in [3.63, 3.8) is 0 Å². The number of rotatable bonds is 1. The van der Waals surface area contributed by atoms with Crippen LogP contribution in [0.1, 0.15) is 30.9 Å². The SMILES string of the molecule is Cc1cc(Br)c(I)c(C(C)C)c1. The van der Waals surface area contributed by atoms with Crippen LogP contribution in [-0.2, 0) is 0 Å². The van der Waals surface area contributed by atoms with E-state index in [9.17, 15) is 0 Å². The molecule has 0 bridgehead atoms. The summed E-state index contributed by atoms with van der Waals surface area (Å²) in [4.78, 5) is 0. The molecule has 1 aromatic carbocycles. The fraction of sp³-hybridized carbons (Fsp3) is 0.400. The van der Waals surface area contributed by atoms with E-state index in [0.29, 0.717) is 5.92 Å². The van der Waals surface area contributed by atoms with E-state index in [1.807, 2.05) is 0 Å². The van der Waals surface area contributed by atoms with E-state index in [2.05, 4.69) is 71.4 Å². The Labute approximate surface area is 96.0 Å². The average molecular weight is 339 g/mol. The van der Waals surface area contributed by atoms with E-state index in [0.717, 1.165) is 0 Å². The molecule has 0 aromatic heterocycles. The highest BCUT2D eigenvalue weighted by molar-refractivity contribution is 14.1. The van der Waals surface area contributed by atoms with Gasteiger partial charge in [-0.05, 0) is 68.6 Å². The Morgan fingerprint density at radius 1 is 1.33 bits per heavy atom. The van der Waals surface area contributed by atoms with Gasteiger partial charge in [0.25, 0.3) is 0 Å². The van der Waals surface area contributed by atoms with Gasteiger partial charge in [-0.25, -0.2) is 0 Å². The maximum atomic E-state index is 3.56. The zero-order chi connectivity index (χ0) is 9.30. The first-order valence-corrected chi connectivity index (χ1v) is 5.85. The number of hydrogen-bond acceptors (Lipinski definition) is 0. The summed E-state index contributed by atoms with van der Waals surface area (Å²) in [6.45, 7) is 6.58. The van der Waals surface area contributed by atoms with Gasteiger partial charge in [-0.1, -0.05) is 19.9 Å². The lowest BCUT2D eigenvalue weighted by atomic mass is 10.0. The Morgan fingerprint density at radius 3 is 2.42 bits per heavy atom. The van der Waals surface area contributed by atoms with Gasteiger partial charge in [-0.3, -0.25) is 0 Å². The van der Waals surface area contributed by atoms with Gasteiger partial charge < -0.3 is 0 Å². The molecule has 0 fully saturated rings. The summed E-state index contributed by atoms with van der Waals surface area (Å²) >= 11 is 5.95. The summed E-state index contributed by atoms with van der Waals surface area (Å²) in [6.07, 6.45) is 0. The van der Waals surface area contributed by atoms with Gasteiger partial charge in [-0.2, -0.15) is 0 Å². The quantitative estimate of drug-likeness (QED) is 0.662. The van der Waals surface area contributed by atoms with Crippen molar-refractivity contribution in [1.82, 2.24) is 0 Å². The van der Waals surface area contributed by atoms with Crippen molar-refractivity contribution in [1.29, 1.82) is 0 Å². The van der Waals surface area contributed by atoms with Crippen molar-refractivity contribution in [3.05, 3.63) is 31.3 Å². The van der Waals surface area contributed by atoms with Crippen LogP contribution in [0.2, 0.25) is 0 Å².